The predicted octanol–water partition coefficient (Wildman–Crippen LogP) is 3.52. The van der Waals surface area contributed by atoms with Crippen molar-refractivity contribution in [1.29, 1.82) is 5.41 Å². The zero-order valence-electron chi connectivity index (χ0n) is 20.5. The van der Waals surface area contributed by atoms with Gasteiger partial charge in [0.1, 0.15) is 11.4 Å². The molecule has 9 nitrogen and oxygen atoms in total. The molecule has 4 rings (SSSR count). The van der Waals surface area contributed by atoms with Crippen molar-refractivity contribution in [2.75, 3.05) is 19.7 Å². The van der Waals surface area contributed by atoms with Crippen LogP contribution in [0.25, 0.3) is 28.0 Å². The lowest BCUT2D eigenvalue weighted by Crippen LogP contribution is -2.32. The Morgan fingerprint density at radius 1 is 1.14 bits per heavy atom. The standard InChI is InChI=1S/C27H33N7O2/c1-2-3-14-36-23-7-4-6-20(15-23)24-16-21-18-34(27(35)33-25(21)32-24)22-10-8-19(9-11-22)17-30-12-5-13-31-26(28)29/h4,6-11,15-16,18,30H,2-3,5,12-14,17H2,1H3,(H4,28,29,31)(H,32,33,35). The molecule has 2 heterocycles. The van der Waals surface area contributed by atoms with E-state index in [4.69, 9.17) is 15.9 Å². The first kappa shape index (κ1) is 25.0. The van der Waals surface area contributed by atoms with Gasteiger partial charge in [0, 0.05) is 35.9 Å². The highest BCUT2D eigenvalue weighted by Crippen LogP contribution is 2.26. The molecular weight excluding hydrogens is 454 g/mol. The van der Waals surface area contributed by atoms with Gasteiger partial charge in [0.05, 0.1) is 12.3 Å². The first-order valence-electron chi connectivity index (χ1n) is 12.3. The highest BCUT2D eigenvalue weighted by atomic mass is 16.5. The van der Waals surface area contributed by atoms with E-state index in [-0.39, 0.29) is 11.6 Å². The molecule has 6 N–H and O–H groups in total. The van der Waals surface area contributed by atoms with Crippen LogP contribution >= 0.6 is 0 Å². The predicted molar refractivity (Wildman–Crippen MR) is 144 cm³/mol. The number of nitrogens with one attached hydrogen (secondary N) is 4. The van der Waals surface area contributed by atoms with Crippen LogP contribution in [0.1, 0.15) is 31.7 Å². The average molecular weight is 488 g/mol. The average Bonchev–Trinajstić information content (AvgIpc) is 3.29. The Morgan fingerprint density at radius 3 is 2.75 bits per heavy atom. The van der Waals surface area contributed by atoms with E-state index >= 15 is 0 Å². The molecule has 0 aliphatic carbocycles. The fourth-order valence-corrected chi connectivity index (χ4v) is 3.87. The Kier molecular flexibility index (Phi) is 8.36. The summed E-state index contributed by atoms with van der Waals surface area (Å²) in [7, 11) is 0. The quantitative estimate of drug-likeness (QED) is 0.118. The van der Waals surface area contributed by atoms with Crippen LogP contribution in [0.3, 0.4) is 0 Å². The Hall–Kier alpha value is -4.11. The number of hydrogen-bond donors (Lipinski definition) is 5. The molecule has 9 heteroatoms. The molecule has 0 saturated heterocycles. The minimum absolute atomic E-state index is 0.00835. The molecule has 36 heavy (non-hydrogen) atoms. The number of H-pyrrole nitrogens is 1. The Balaban J connectivity index is 1.44. The lowest BCUT2D eigenvalue weighted by Gasteiger charge is -2.08. The second kappa shape index (κ2) is 12.0. The van der Waals surface area contributed by atoms with Crippen LogP contribution < -0.4 is 26.8 Å². The van der Waals surface area contributed by atoms with E-state index < -0.39 is 0 Å². The third kappa shape index (κ3) is 6.51. The molecule has 0 saturated carbocycles. The van der Waals surface area contributed by atoms with Crippen molar-refractivity contribution < 1.29 is 4.74 Å². The molecule has 188 valence electrons. The Bertz CT molecular complexity index is 1360. The molecule has 0 aliphatic heterocycles. The molecule has 0 fully saturated rings. The van der Waals surface area contributed by atoms with E-state index in [1.807, 2.05) is 60.8 Å². The van der Waals surface area contributed by atoms with Crippen LogP contribution in [-0.4, -0.2) is 40.2 Å². The van der Waals surface area contributed by atoms with Gasteiger partial charge < -0.3 is 26.1 Å². The van der Waals surface area contributed by atoms with Gasteiger partial charge in [-0.2, -0.15) is 4.98 Å². The minimum atomic E-state index is -0.337. The molecule has 0 atom stereocenters. The largest absolute Gasteiger partial charge is 0.494 e. The van der Waals surface area contributed by atoms with E-state index in [0.717, 1.165) is 66.0 Å². The summed E-state index contributed by atoms with van der Waals surface area (Å²) >= 11 is 0. The number of nitrogens with two attached hydrogens (primary N) is 1. The maximum atomic E-state index is 12.8. The van der Waals surface area contributed by atoms with Gasteiger partial charge in [-0.3, -0.25) is 9.98 Å². The minimum Gasteiger partial charge on any atom is -0.494 e. The third-order valence-corrected chi connectivity index (χ3v) is 5.81. The fourth-order valence-electron chi connectivity index (χ4n) is 3.87. The number of fused-ring (bicyclic) bond motifs is 1. The van der Waals surface area contributed by atoms with Gasteiger partial charge in [0.15, 0.2) is 5.96 Å². The van der Waals surface area contributed by atoms with Gasteiger partial charge in [0.2, 0.25) is 0 Å². The normalized spacial score (nSPS) is 11.0. The van der Waals surface area contributed by atoms with Gasteiger partial charge in [0.25, 0.3) is 0 Å². The molecule has 0 aliphatic rings. The molecule has 2 aromatic heterocycles. The van der Waals surface area contributed by atoms with Crippen LogP contribution in [0.4, 0.5) is 0 Å². The summed E-state index contributed by atoms with van der Waals surface area (Å²) in [6.07, 6.45) is 4.80. The molecule has 0 spiro atoms. The number of aromatic amines is 1. The molecule has 4 aromatic rings. The molecule has 2 aromatic carbocycles. The maximum absolute atomic E-state index is 12.8. The number of aromatic nitrogens is 3. The molecule has 0 amide bonds. The summed E-state index contributed by atoms with van der Waals surface area (Å²) in [6, 6.07) is 17.8. The van der Waals surface area contributed by atoms with Gasteiger partial charge >= 0.3 is 5.69 Å². The van der Waals surface area contributed by atoms with Crippen molar-refractivity contribution in [3.63, 3.8) is 0 Å². The summed E-state index contributed by atoms with van der Waals surface area (Å²) < 4.78 is 7.40. The first-order chi connectivity index (χ1) is 17.5. The number of guanidine groups is 1. The van der Waals surface area contributed by atoms with Crippen molar-refractivity contribution >= 4 is 17.0 Å². The van der Waals surface area contributed by atoms with E-state index in [1.54, 1.807) is 4.57 Å². The van der Waals surface area contributed by atoms with E-state index in [2.05, 4.69) is 27.5 Å². The van der Waals surface area contributed by atoms with Crippen LogP contribution in [-0.2, 0) is 6.54 Å². The second-order valence-corrected chi connectivity index (χ2v) is 8.65. The number of rotatable bonds is 12. The SMILES string of the molecule is CCCCOc1cccc(-c2cc3cn(-c4ccc(CNCCCNC(=N)N)cc4)c(=O)nc3[nH]2)c1. The summed E-state index contributed by atoms with van der Waals surface area (Å²) in [5.74, 6) is 0.820. The molecular formula is C27H33N7O2. The maximum Gasteiger partial charge on any atom is 0.354 e. The summed E-state index contributed by atoms with van der Waals surface area (Å²) in [5.41, 5.74) is 9.24. The van der Waals surface area contributed by atoms with Crippen molar-refractivity contribution in [3.05, 3.63) is 76.8 Å². The monoisotopic (exact) mass is 487 g/mol. The van der Waals surface area contributed by atoms with Gasteiger partial charge in [-0.05, 0) is 55.3 Å². The Labute approximate surface area is 210 Å². The first-order valence-corrected chi connectivity index (χ1v) is 12.3. The van der Waals surface area contributed by atoms with Gasteiger partial charge in [-0.25, -0.2) is 4.79 Å². The van der Waals surface area contributed by atoms with E-state index in [0.29, 0.717) is 18.8 Å². The summed E-state index contributed by atoms with van der Waals surface area (Å²) in [4.78, 5) is 20.3. The lowest BCUT2D eigenvalue weighted by molar-refractivity contribution is 0.309. The number of nitrogens with zero attached hydrogens (tertiary/aromatic N) is 2. The second-order valence-electron chi connectivity index (χ2n) is 8.65. The van der Waals surface area contributed by atoms with Crippen LogP contribution in [0.2, 0.25) is 0 Å². The molecule has 0 radical (unpaired) electrons. The molecule has 0 unspecified atom stereocenters. The number of unbranched alkanes of at least 4 members (excludes halogenated alkanes) is 1. The lowest BCUT2D eigenvalue weighted by atomic mass is 10.1. The summed E-state index contributed by atoms with van der Waals surface area (Å²) in [5, 5.41) is 14.1. The zero-order chi connectivity index (χ0) is 25.3. The highest BCUT2D eigenvalue weighted by Gasteiger charge is 2.10. The fraction of sp³-hybridized carbons (Fsp3) is 0.296. The van der Waals surface area contributed by atoms with Crippen molar-refractivity contribution in [2.24, 2.45) is 5.73 Å². The van der Waals surface area contributed by atoms with Crippen LogP contribution in [0.5, 0.6) is 5.75 Å². The molecule has 0 bridgehead atoms. The van der Waals surface area contributed by atoms with Crippen molar-refractivity contribution in [3.8, 4) is 22.7 Å². The highest BCUT2D eigenvalue weighted by molar-refractivity contribution is 5.82. The van der Waals surface area contributed by atoms with E-state index in [9.17, 15) is 4.79 Å². The third-order valence-electron chi connectivity index (χ3n) is 5.81. The van der Waals surface area contributed by atoms with Crippen molar-refractivity contribution in [1.82, 2.24) is 25.2 Å². The van der Waals surface area contributed by atoms with E-state index in [1.165, 1.54) is 0 Å². The number of benzene rings is 2. The number of hydrogen-bond acceptors (Lipinski definition) is 5. The zero-order valence-corrected chi connectivity index (χ0v) is 20.5. The van der Waals surface area contributed by atoms with Crippen LogP contribution in [0.15, 0.2) is 65.6 Å². The smallest absolute Gasteiger partial charge is 0.354 e. The van der Waals surface area contributed by atoms with Crippen LogP contribution in [0, 0.1) is 5.41 Å². The Morgan fingerprint density at radius 2 is 1.97 bits per heavy atom. The van der Waals surface area contributed by atoms with Gasteiger partial charge in [-0.15, -0.1) is 0 Å². The number of ether oxygens (including phenoxy) is 1. The topological polar surface area (TPSA) is 134 Å². The van der Waals surface area contributed by atoms with Gasteiger partial charge in [-0.1, -0.05) is 37.6 Å². The summed E-state index contributed by atoms with van der Waals surface area (Å²) in [6.45, 7) is 5.03. The van der Waals surface area contributed by atoms with Crippen molar-refractivity contribution in [2.45, 2.75) is 32.7 Å².